The van der Waals surface area contributed by atoms with Gasteiger partial charge in [-0.05, 0) is 30.5 Å². The number of unbranched alkanes of at least 4 members (excludes halogenated alkanes) is 5. The Morgan fingerprint density at radius 2 is 1.44 bits per heavy atom. The van der Waals surface area contributed by atoms with Crippen molar-refractivity contribution < 1.29 is 5.11 Å². The van der Waals surface area contributed by atoms with Gasteiger partial charge >= 0.3 is 18.9 Å². The fraction of sp³-hybridized carbons (Fsp3) is 0.571. The molecule has 1 aromatic rings. The van der Waals surface area contributed by atoms with E-state index < -0.39 is 0 Å². The summed E-state index contributed by atoms with van der Waals surface area (Å²) in [6, 6.07) is 7.57. The molecule has 16 heavy (non-hydrogen) atoms. The molecule has 0 radical (unpaired) electrons. The number of phenolic OH excluding ortho intramolecular Hbond substituents is 1. The van der Waals surface area contributed by atoms with Crippen LogP contribution in [0.2, 0.25) is 0 Å². The predicted molar refractivity (Wildman–Crippen MR) is 72.3 cm³/mol. The Kier molecular flexibility index (Phi) is 9.58. The molecule has 0 aliphatic carbocycles. The van der Waals surface area contributed by atoms with Gasteiger partial charge in [0.1, 0.15) is 5.75 Å². The summed E-state index contributed by atoms with van der Waals surface area (Å²) in [5.41, 5.74) is 1.34. The zero-order valence-electron chi connectivity index (χ0n) is 9.71. The molecule has 0 unspecified atom stereocenters. The quantitative estimate of drug-likeness (QED) is 0.542. The van der Waals surface area contributed by atoms with Gasteiger partial charge in [-0.2, -0.15) is 0 Å². The van der Waals surface area contributed by atoms with Crippen molar-refractivity contribution in [2.24, 2.45) is 0 Å². The molecule has 86 valence electrons. The SMILES string of the molecule is CCCCCCCCc1ccc(O)cc1.[LiH]. The molecule has 0 aromatic heterocycles. The first-order valence-electron chi connectivity index (χ1n) is 6.11. The fourth-order valence-corrected chi connectivity index (χ4v) is 1.77. The summed E-state index contributed by atoms with van der Waals surface area (Å²) in [6.07, 6.45) is 9.19. The van der Waals surface area contributed by atoms with Crippen LogP contribution in [0.3, 0.4) is 0 Å². The Morgan fingerprint density at radius 1 is 0.875 bits per heavy atom. The molecule has 0 aliphatic rings. The van der Waals surface area contributed by atoms with E-state index in [9.17, 15) is 0 Å². The molecule has 0 atom stereocenters. The Labute approximate surface area is 111 Å². The summed E-state index contributed by atoms with van der Waals surface area (Å²) >= 11 is 0. The molecule has 1 N–H and O–H groups in total. The second-order valence-corrected chi connectivity index (χ2v) is 4.18. The van der Waals surface area contributed by atoms with E-state index in [1.54, 1.807) is 12.1 Å². The number of aromatic hydroxyl groups is 1. The third kappa shape index (κ3) is 6.98. The van der Waals surface area contributed by atoms with Gasteiger partial charge in [0.25, 0.3) is 0 Å². The molecule has 0 fully saturated rings. The summed E-state index contributed by atoms with van der Waals surface area (Å²) in [5.74, 6) is 0.363. The molecule has 2 heteroatoms. The first kappa shape index (κ1) is 15.6. The predicted octanol–water partition coefficient (Wildman–Crippen LogP) is 3.65. The van der Waals surface area contributed by atoms with Gasteiger partial charge < -0.3 is 5.11 Å². The summed E-state index contributed by atoms with van der Waals surface area (Å²) in [4.78, 5) is 0. The van der Waals surface area contributed by atoms with Crippen molar-refractivity contribution in [2.75, 3.05) is 0 Å². The number of phenols is 1. The minimum atomic E-state index is 0. The average Bonchev–Trinajstić information content (AvgIpc) is 2.26. The van der Waals surface area contributed by atoms with Gasteiger partial charge in [-0.25, -0.2) is 0 Å². The van der Waals surface area contributed by atoms with Crippen molar-refractivity contribution in [1.29, 1.82) is 0 Å². The van der Waals surface area contributed by atoms with E-state index in [0.717, 1.165) is 6.42 Å². The first-order valence-corrected chi connectivity index (χ1v) is 6.11. The fourth-order valence-electron chi connectivity index (χ4n) is 1.77. The van der Waals surface area contributed by atoms with Crippen molar-refractivity contribution >= 4 is 18.9 Å². The van der Waals surface area contributed by atoms with Crippen LogP contribution in [0.25, 0.3) is 0 Å². The van der Waals surface area contributed by atoms with Crippen LogP contribution in [0.15, 0.2) is 24.3 Å². The second-order valence-electron chi connectivity index (χ2n) is 4.18. The molecule has 0 bridgehead atoms. The molecule has 0 spiro atoms. The van der Waals surface area contributed by atoms with Gasteiger partial charge in [-0.15, -0.1) is 0 Å². The molecule has 0 saturated carbocycles. The van der Waals surface area contributed by atoms with Gasteiger partial charge in [0.2, 0.25) is 0 Å². The molecule has 0 heterocycles. The maximum absolute atomic E-state index is 9.13. The zero-order chi connectivity index (χ0) is 10.9. The van der Waals surface area contributed by atoms with Crippen LogP contribution in [-0.4, -0.2) is 24.0 Å². The topological polar surface area (TPSA) is 20.2 Å². The summed E-state index contributed by atoms with van der Waals surface area (Å²) in [7, 11) is 0. The Bertz CT molecular complexity index is 256. The molecular weight excluding hydrogens is 191 g/mol. The molecule has 0 saturated heterocycles. The second kappa shape index (κ2) is 9.82. The van der Waals surface area contributed by atoms with Crippen molar-refractivity contribution in [3.63, 3.8) is 0 Å². The van der Waals surface area contributed by atoms with Gasteiger partial charge in [0.05, 0.1) is 0 Å². The van der Waals surface area contributed by atoms with E-state index in [1.165, 1.54) is 44.1 Å². The van der Waals surface area contributed by atoms with Crippen molar-refractivity contribution in [3.05, 3.63) is 29.8 Å². The van der Waals surface area contributed by atoms with E-state index in [-0.39, 0.29) is 18.9 Å². The molecular formula is C14H23LiO. The van der Waals surface area contributed by atoms with Crippen LogP contribution in [0.1, 0.15) is 51.0 Å². The monoisotopic (exact) mass is 214 g/mol. The maximum atomic E-state index is 9.13. The number of hydrogen-bond donors (Lipinski definition) is 1. The third-order valence-electron chi connectivity index (χ3n) is 2.76. The standard InChI is InChI=1S/C14H22O.Li.H/c1-2-3-4-5-6-7-8-13-9-11-14(15)12-10-13;;/h9-12,15H,2-8H2,1H3;;. The van der Waals surface area contributed by atoms with Gasteiger partial charge in [-0.1, -0.05) is 51.2 Å². The molecule has 1 rings (SSSR count). The van der Waals surface area contributed by atoms with Crippen LogP contribution in [0, 0.1) is 0 Å². The van der Waals surface area contributed by atoms with Crippen molar-refractivity contribution in [2.45, 2.75) is 51.9 Å². The van der Waals surface area contributed by atoms with Gasteiger partial charge in [-0.3, -0.25) is 0 Å². The number of rotatable bonds is 7. The normalized spacial score (nSPS) is 9.81. The molecule has 1 nitrogen and oxygen atoms in total. The van der Waals surface area contributed by atoms with E-state index >= 15 is 0 Å². The summed E-state index contributed by atoms with van der Waals surface area (Å²) < 4.78 is 0. The Hall–Kier alpha value is -0.383. The number of benzene rings is 1. The number of aryl methyl sites for hydroxylation is 1. The Morgan fingerprint density at radius 3 is 2.06 bits per heavy atom. The van der Waals surface area contributed by atoms with Gasteiger partial charge in [0, 0.05) is 0 Å². The zero-order valence-corrected chi connectivity index (χ0v) is 9.71. The van der Waals surface area contributed by atoms with E-state index in [2.05, 4.69) is 6.92 Å². The van der Waals surface area contributed by atoms with Crippen LogP contribution >= 0.6 is 0 Å². The summed E-state index contributed by atoms with van der Waals surface area (Å²) in [6.45, 7) is 2.25. The molecule has 1 aromatic carbocycles. The molecule has 0 aliphatic heterocycles. The minimum absolute atomic E-state index is 0. The van der Waals surface area contributed by atoms with Crippen LogP contribution in [-0.2, 0) is 6.42 Å². The van der Waals surface area contributed by atoms with Crippen molar-refractivity contribution in [3.8, 4) is 5.75 Å². The number of hydrogen-bond acceptors (Lipinski definition) is 1. The molecule has 0 amide bonds. The van der Waals surface area contributed by atoms with Crippen LogP contribution in [0.4, 0.5) is 0 Å². The van der Waals surface area contributed by atoms with Crippen LogP contribution in [0.5, 0.6) is 5.75 Å². The summed E-state index contributed by atoms with van der Waals surface area (Å²) in [5, 5.41) is 9.13. The average molecular weight is 214 g/mol. The third-order valence-corrected chi connectivity index (χ3v) is 2.76. The van der Waals surface area contributed by atoms with Crippen LogP contribution < -0.4 is 0 Å². The van der Waals surface area contributed by atoms with E-state index in [0.29, 0.717) is 5.75 Å². The Balaban J connectivity index is 0.00000225. The van der Waals surface area contributed by atoms with Crippen molar-refractivity contribution in [1.82, 2.24) is 0 Å². The first-order chi connectivity index (χ1) is 7.33. The van der Waals surface area contributed by atoms with E-state index in [1.807, 2.05) is 12.1 Å². The van der Waals surface area contributed by atoms with Gasteiger partial charge in [0.15, 0.2) is 0 Å². The van der Waals surface area contributed by atoms with E-state index in [4.69, 9.17) is 5.11 Å².